The van der Waals surface area contributed by atoms with Gasteiger partial charge < -0.3 is 15.2 Å². The highest BCUT2D eigenvalue weighted by Gasteiger charge is 2.39. The molecule has 0 aliphatic heterocycles. The van der Waals surface area contributed by atoms with E-state index in [1.165, 1.54) is 0 Å². The van der Waals surface area contributed by atoms with E-state index in [1.807, 2.05) is 0 Å². The lowest BCUT2D eigenvalue weighted by Gasteiger charge is -2.16. The van der Waals surface area contributed by atoms with Crippen molar-refractivity contribution in [1.82, 2.24) is 4.98 Å². The summed E-state index contributed by atoms with van der Waals surface area (Å²) in [4.78, 5) is 14.5. The SMILES string of the molecule is COC(=O)c1nc(CN)c(C(F)(F)F)cc1OC(F)(F)F. The molecule has 0 fully saturated rings. The third-order valence-corrected chi connectivity index (χ3v) is 2.17. The van der Waals surface area contributed by atoms with Gasteiger partial charge >= 0.3 is 18.5 Å². The molecule has 21 heavy (non-hydrogen) atoms. The first kappa shape index (κ1) is 17.0. The Morgan fingerprint density at radius 2 is 1.86 bits per heavy atom. The fourth-order valence-corrected chi connectivity index (χ4v) is 1.38. The largest absolute Gasteiger partial charge is 0.573 e. The molecule has 0 amide bonds. The number of halogens is 6. The quantitative estimate of drug-likeness (QED) is 0.683. The molecule has 1 aromatic rings. The van der Waals surface area contributed by atoms with E-state index in [9.17, 15) is 31.1 Å². The zero-order valence-corrected chi connectivity index (χ0v) is 10.3. The highest BCUT2D eigenvalue weighted by atomic mass is 19.4. The van der Waals surface area contributed by atoms with Crippen LogP contribution in [0, 0.1) is 0 Å². The number of rotatable bonds is 3. The zero-order chi connectivity index (χ0) is 16.4. The molecule has 1 rings (SSSR count). The minimum Gasteiger partial charge on any atom is -0.464 e. The normalized spacial score (nSPS) is 12.2. The van der Waals surface area contributed by atoms with Gasteiger partial charge in [-0.1, -0.05) is 0 Å². The van der Waals surface area contributed by atoms with Crippen LogP contribution in [0.15, 0.2) is 6.07 Å². The average Bonchev–Trinajstić information content (AvgIpc) is 2.34. The van der Waals surface area contributed by atoms with Gasteiger partial charge in [-0.25, -0.2) is 9.78 Å². The number of aromatic nitrogens is 1. The first-order valence-corrected chi connectivity index (χ1v) is 5.15. The van der Waals surface area contributed by atoms with Gasteiger partial charge in [-0.15, -0.1) is 13.2 Å². The number of methoxy groups -OCH3 is 1. The van der Waals surface area contributed by atoms with Crippen LogP contribution < -0.4 is 10.5 Å². The molecule has 0 aliphatic rings. The minimum atomic E-state index is -5.31. The number of esters is 1. The fraction of sp³-hybridized carbons (Fsp3) is 0.400. The molecule has 0 spiro atoms. The van der Waals surface area contributed by atoms with E-state index in [0.29, 0.717) is 0 Å². The van der Waals surface area contributed by atoms with E-state index in [0.717, 1.165) is 7.11 Å². The van der Waals surface area contributed by atoms with Crippen LogP contribution >= 0.6 is 0 Å². The summed E-state index contributed by atoms with van der Waals surface area (Å²) < 4.78 is 82.2. The van der Waals surface area contributed by atoms with Crippen LogP contribution in [0.1, 0.15) is 21.7 Å². The smallest absolute Gasteiger partial charge is 0.464 e. The standard InChI is InChI=1S/C10H8F6N2O3/c1-20-8(19)7-6(21-10(14,15)16)2-4(9(11,12)13)5(3-17)18-7/h2H,3,17H2,1H3. The molecule has 5 nitrogen and oxygen atoms in total. The highest BCUT2D eigenvalue weighted by molar-refractivity contribution is 5.90. The van der Waals surface area contributed by atoms with E-state index in [4.69, 9.17) is 5.73 Å². The van der Waals surface area contributed by atoms with Crippen molar-refractivity contribution >= 4 is 5.97 Å². The Morgan fingerprint density at radius 1 is 1.29 bits per heavy atom. The number of carbonyl (C=O) groups excluding carboxylic acids is 1. The molecule has 1 heterocycles. The average molecular weight is 318 g/mol. The number of pyridine rings is 1. The van der Waals surface area contributed by atoms with Crippen molar-refractivity contribution in [2.24, 2.45) is 5.73 Å². The number of ether oxygens (including phenoxy) is 2. The molecule has 0 saturated heterocycles. The monoisotopic (exact) mass is 318 g/mol. The maximum absolute atomic E-state index is 12.7. The van der Waals surface area contributed by atoms with Crippen molar-refractivity contribution in [3.05, 3.63) is 23.0 Å². The summed E-state index contributed by atoms with van der Waals surface area (Å²) >= 11 is 0. The lowest BCUT2D eigenvalue weighted by atomic mass is 10.1. The van der Waals surface area contributed by atoms with Crippen molar-refractivity contribution in [3.63, 3.8) is 0 Å². The van der Waals surface area contributed by atoms with E-state index in [-0.39, 0.29) is 6.07 Å². The Bertz CT molecular complexity index is 541. The molecule has 0 bridgehead atoms. The molecular weight excluding hydrogens is 310 g/mol. The molecule has 0 aromatic carbocycles. The summed E-state index contributed by atoms with van der Waals surface area (Å²) in [5, 5.41) is 0. The second kappa shape index (κ2) is 5.76. The summed E-state index contributed by atoms with van der Waals surface area (Å²) in [6.07, 6.45) is -10.3. The number of nitrogens with zero attached hydrogens (tertiary/aromatic N) is 1. The van der Waals surface area contributed by atoms with E-state index >= 15 is 0 Å². The number of nitrogens with two attached hydrogens (primary N) is 1. The van der Waals surface area contributed by atoms with Crippen LogP contribution in [-0.4, -0.2) is 24.4 Å². The molecular formula is C10H8F6N2O3. The fourth-order valence-electron chi connectivity index (χ4n) is 1.38. The van der Waals surface area contributed by atoms with Crippen LogP contribution in [0.5, 0.6) is 5.75 Å². The maximum atomic E-state index is 12.7. The molecule has 0 radical (unpaired) electrons. The van der Waals surface area contributed by atoms with Gasteiger partial charge in [0.1, 0.15) is 0 Å². The topological polar surface area (TPSA) is 74.4 Å². The second-order valence-electron chi connectivity index (χ2n) is 3.57. The third kappa shape index (κ3) is 4.21. The van der Waals surface area contributed by atoms with Gasteiger partial charge in [0.05, 0.1) is 18.4 Å². The lowest BCUT2D eigenvalue weighted by molar-refractivity contribution is -0.275. The Hall–Kier alpha value is -2.04. The first-order chi connectivity index (χ1) is 9.49. The Balaban J connectivity index is 3.53. The molecule has 1 aromatic heterocycles. The van der Waals surface area contributed by atoms with Gasteiger partial charge in [0, 0.05) is 6.54 Å². The molecule has 0 saturated carbocycles. The van der Waals surface area contributed by atoms with Gasteiger partial charge in [-0.05, 0) is 6.07 Å². The van der Waals surface area contributed by atoms with Gasteiger partial charge in [-0.3, -0.25) is 0 Å². The van der Waals surface area contributed by atoms with Gasteiger partial charge in [0.15, 0.2) is 11.4 Å². The lowest BCUT2D eigenvalue weighted by Crippen LogP contribution is -2.23. The number of hydrogen-bond acceptors (Lipinski definition) is 5. The molecule has 0 aliphatic carbocycles. The number of carbonyl (C=O) groups is 1. The van der Waals surface area contributed by atoms with Crippen LogP contribution in [-0.2, 0) is 17.5 Å². The molecule has 118 valence electrons. The zero-order valence-electron chi connectivity index (χ0n) is 10.3. The Morgan fingerprint density at radius 3 is 2.24 bits per heavy atom. The summed E-state index contributed by atoms with van der Waals surface area (Å²) in [6, 6.07) is 0.00887. The van der Waals surface area contributed by atoms with Crippen molar-refractivity contribution < 1.29 is 40.6 Å². The van der Waals surface area contributed by atoms with E-state index in [1.54, 1.807) is 0 Å². The number of hydrogen-bond donors (Lipinski definition) is 1. The summed E-state index contributed by atoms with van der Waals surface area (Å²) in [6.45, 7) is -0.745. The predicted octanol–water partition coefficient (Wildman–Crippen LogP) is 2.24. The Kier molecular flexibility index (Phi) is 4.66. The molecule has 11 heteroatoms. The molecule has 0 atom stereocenters. The van der Waals surface area contributed by atoms with Crippen LogP contribution in [0.4, 0.5) is 26.3 Å². The molecule has 2 N–H and O–H groups in total. The number of alkyl halides is 6. The maximum Gasteiger partial charge on any atom is 0.573 e. The molecule has 0 unspecified atom stereocenters. The van der Waals surface area contributed by atoms with Crippen molar-refractivity contribution in [2.75, 3.05) is 7.11 Å². The third-order valence-electron chi connectivity index (χ3n) is 2.17. The summed E-state index contributed by atoms with van der Waals surface area (Å²) in [5.74, 6) is -2.81. The van der Waals surface area contributed by atoms with Crippen molar-refractivity contribution in [2.45, 2.75) is 19.1 Å². The Labute approximate surface area is 113 Å². The van der Waals surface area contributed by atoms with Gasteiger partial charge in [0.2, 0.25) is 0 Å². The predicted molar refractivity (Wildman–Crippen MR) is 55.2 cm³/mol. The minimum absolute atomic E-state index is 0.00887. The van der Waals surface area contributed by atoms with E-state index in [2.05, 4.69) is 14.5 Å². The van der Waals surface area contributed by atoms with Crippen LogP contribution in [0.3, 0.4) is 0 Å². The van der Waals surface area contributed by atoms with E-state index < -0.39 is 47.8 Å². The second-order valence-corrected chi connectivity index (χ2v) is 3.57. The van der Waals surface area contributed by atoms with Gasteiger partial charge in [0.25, 0.3) is 0 Å². The highest BCUT2D eigenvalue weighted by Crippen LogP contribution is 2.36. The van der Waals surface area contributed by atoms with Gasteiger partial charge in [-0.2, -0.15) is 13.2 Å². The first-order valence-electron chi connectivity index (χ1n) is 5.15. The van der Waals surface area contributed by atoms with Crippen molar-refractivity contribution in [1.29, 1.82) is 0 Å². The summed E-state index contributed by atoms with van der Waals surface area (Å²) in [7, 11) is 0.821. The van der Waals surface area contributed by atoms with Crippen molar-refractivity contribution in [3.8, 4) is 5.75 Å². The van der Waals surface area contributed by atoms with Crippen LogP contribution in [0.25, 0.3) is 0 Å². The summed E-state index contributed by atoms with van der Waals surface area (Å²) in [5.41, 5.74) is 1.67. The van der Waals surface area contributed by atoms with Crippen LogP contribution in [0.2, 0.25) is 0 Å².